The van der Waals surface area contributed by atoms with Crippen LogP contribution >= 0.6 is 0 Å². The first-order valence-electron chi connectivity index (χ1n) is 5.51. The van der Waals surface area contributed by atoms with E-state index in [4.69, 9.17) is 18.9 Å². The molecule has 0 N–H and O–H groups in total. The maximum absolute atomic E-state index is 11.2. The molecule has 1 rings (SSSR count). The highest BCUT2D eigenvalue weighted by molar-refractivity contribution is 5.74. The molecule has 0 aromatic rings. The number of methoxy groups -OCH3 is 1. The van der Waals surface area contributed by atoms with Gasteiger partial charge in [-0.2, -0.15) is 0 Å². The molecule has 1 saturated heterocycles. The summed E-state index contributed by atoms with van der Waals surface area (Å²) in [5, 5.41) is 0. The highest BCUT2D eigenvalue weighted by Gasteiger charge is 2.38. The van der Waals surface area contributed by atoms with Gasteiger partial charge < -0.3 is 18.9 Å². The van der Waals surface area contributed by atoms with Crippen LogP contribution in [0, 0.1) is 11.8 Å². The number of hydrogen-bond acceptors (Lipinski definition) is 5. The molecule has 0 bridgehead atoms. The molecule has 0 saturated carbocycles. The zero-order chi connectivity index (χ0) is 12.0. The number of carbonyl (C=O) groups excluding carboxylic acids is 1. The Morgan fingerprint density at radius 1 is 1.25 bits per heavy atom. The summed E-state index contributed by atoms with van der Waals surface area (Å²) in [6.45, 7) is 5.53. The summed E-state index contributed by atoms with van der Waals surface area (Å²) < 4.78 is 20.4. The van der Waals surface area contributed by atoms with Crippen LogP contribution in [0.4, 0.5) is 0 Å². The number of rotatable bonds is 7. The molecule has 0 spiro atoms. The van der Waals surface area contributed by atoms with Crippen LogP contribution in [0.25, 0.3) is 0 Å². The third-order valence-electron chi connectivity index (χ3n) is 2.90. The Labute approximate surface area is 96.0 Å². The lowest BCUT2D eigenvalue weighted by atomic mass is 9.94. The predicted molar refractivity (Wildman–Crippen MR) is 56.9 cm³/mol. The van der Waals surface area contributed by atoms with Crippen LogP contribution in [0.3, 0.4) is 0 Å². The fourth-order valence-corrected chi connectivity index (χ4v) is 1.51. The van der Waals surface area contributed by atoms with E-state index in [0.717, 1.165) is 0 Å². The fourth-order valence-electron chi connectivity index (χ4n) is 1.51. The molecule has 16 heavy (non-hydrogen) atoms. The summed E-state index contributed by atoms with van der Waals surface area (Å²) >= 11 is 0. The Morgan fingerprint density at radius 2 is 2.00 bits per heavy atom. The molecule has 1 aliphatic rings. The first-order chi connectivity index (χ1) is 7.66. The Bertz CT molecular complexity index is 218. The summed E-state index contributed by atoms with van der Waals surface area (Å²) in [5.41, 5.74) is 0. The molecule has 1 heterocycles. The van der Waals surface area contributed by atoms with Crippen molar-refractivity contribution in [2.45, 2.75) is 20.0 Å². The van der Waals surface area contributed by atoms with Gasteiger partial charge in [-0.25, -0.2) is 0 Å². The van der Waals surface area contributed by atoms with Crippen molar-refractivity contribution in [3.05, 3.63) is 0 Å². The lowest BCUT2D eigenvalue weighted by Crippen LogP contribution is -2.23. The monoisotopic (exact) mass is 232 g/mol. The van der Waals surface area contributed by atoms with Crippen molar-refractivity contribution in [3.63, 3.8) is 0 Å². The van der Waals surface area contributed by atoms with Gasteiger partial charge in [0.2, 0.25) is 0 Å². The minimum Gasteiger partial charge on any atom is -0.459 e. The van der Waals surface area contributed by atoms with E-state index >= 15 is 0 Å². The molecule has 5 nitrogen and oxygen atoms in total. The van der Waals surface area contributed by atoms with Gasteiger partial charge in [-0.15, -0.1) is 0 Å². The predicted octanol–water partition coefficient (Wildman–Crippen LogP) is 0.821. The minimum atomic E-state index is -0.145. The van der Waals surface area contributed by atoms with Gasteiger partial charge in [0.05, 0.1) is 25.7 Å². The van der Waals surface area contributed by atoms with E-state index in [-0.39, 0.29) is 30.7 Å². The maximum Gasteiger partial charge on any atom is 0.309 e. The summed E-state index contributed by atoms with van der Waals surface area (Å²) in [6, 6.07) is 0. The van der Waals surface area contributed by atoms with Crippen LogP contribution in [0.1, 0.15) is 13.8 Å². The van der Waals surface area contributed by atoms with Crippen molar-refractivity contribution in [2.75, 3.05) is 33.7 Å². The zero-order valence-corrected chi connectivity index (χ0v) is 10.1. The average molecular weight is 232 g/mol. The molecule has 1 unspecified atom stereocenters. The second-order valence-electron chi connectivity index (χ2n) is 4.01. The van der Waals surface area contributed by atoms with E-state index in [1.54, 1.807) is 7.11 Å². The van der Waals surface area contributed by atoms with Gasteiger partial charge in [-0.3, -0.25) is 4.79 Å². The Hall–Kier alpha value is -0.650. The van der Waals surface area contributed by atoms with Gasteiger partial charge in [0.25, 0.3) is 0 Å². The topological polar surface area (TPSA) is 54.0 Å². The summed E-state index contributed by atoms with van der Waals surface area (Å²) in [5.74, 6) is 0.0240. The third kappa shape index (κ3) is 3.73. The largest absolute Gasteiger partial charge is 0.459 e. The second-order valence-corrected chi connectivity index (χ2v) is 4.01. The number of cyclic esters (lactones) is 1. The Morgan fingerprint density at radius 3 is 2.56 bits per heavy atom. The zero-order valence-electron chi connectivity index (χ0n) is 10.1. The van der Waals surface area contributed by atoms with Crippen molar-refractivity contribution >= 4 is 5.97 Å². The van der Waals surface area contributed by atoms with E-state index in [9.17, 15) is 4.79 Å². The number of hydrogen-bond donors (Lipinski definition) is 0. The lowest BCUT2D eigenvalue weighted by molar-refractivity contribution is -0.148. The highest BCUT2D eigenvalue weighted by Crippen LogP contribution is 2.27. The van der Waals surface area contributed by atoms with E-state index in [1.807, 2.05) is 13.8 Å². The van der Waals surface area contributed by atoms with Crippen molar-refractivity contribution in [1.29, 1.82) is 0 Å². The molecule has 0 aliphatic carbocycles. The molecule has 0 aromatic carbocycles. The van der Waals surface area contributed by atoms with E-state index < -0.39 is 0 Å². The number of esters is 1. The van der Waals surface area contributed by atoms with Crippen molar-refractivity contribution in [1.82, 2.24) is 0 Å². The molecule has 3 atom stereocenters. The Balaban J connectivity index is 2.07. The Kier molecular flexibility index (Phi) is 5.73. The number of ether oxygens (including phenoxy) is 4. The van der Waals surface area contributed by atoms with Gasteiger partial charge in [-0.05, 0) is 0 Å². The van der Waals surface area contributed by atoms with Crippen LogP contribution in [-0.2, 0) is 23.7 Å². The van der Waals surface area contributed by atoms with E-state index in [2.05, 4.69) is 0 Å². The smallest absolute Gasteiger partial charge is 0.309 e. The second kappa shape index (κ2) is 6.83. The molecule has 94 valence electrons. The summed E-state index contributed by atoms with van der Waals surface area (Å²) in [6.07, 6.45) is -0.145. The summed E-state index contributed by atoms with van der Waals surface area (Å²) in [7, 11) is 1.62. The van der Waals surface area contributed by atoms with Gasteiger partial charge in [0.15, 0.2) is 0 Å². The molecule has 0 amide bonds. The highest BCUT2D eigenvalue weighted by atomic mass is 16.7. The normalized spacial score (nSPS) is 29.4. The number of carbonyl (C=O) groups is 1. The van der Waals surface area contributed by atoms with Gasteiger partial charge >= 0.3 is 5.97 Å². The lowest BCUT2D eigenvalue weighted by Gasteiger charge is -2.14. The third-order valence-corrected chi connectivity index (χ3v) is 2.90. The molecular formula is C11H20O5. The first kappa shape index (κ1) is 13.4. The fraction of sp³-hybridized carbons (Fsp3) is 0.909. The molecule has 1 aliphatic heterocycles. The quantitative estimate of drug-likeness (QED) is 0.369. The SMILES string of the molecule is COCCOCOC[C@H]1OC(=O)C(C)[C@@H]1C. The standard InChI is InChI=1S/C11H20O5/c1-8-9(2)11(12)16-10(8)6-15-7-14-5-4-13-3/h8-10H,4-7H2,1-3H3/t8-,9?,10+/m0/s1. The van der Waals surface area contributed by atoms with E-state index in [0.29, 0.717) is 19.8 Å². The minimum absolute atomic E-state index is 0.0389. The van der Waals surface area contributed by atoms with Gasteiger partial charge in [0, 0.05) is 13.0 Å². The van der Waals surface area contributed by atoms with Gasteiger partial charge in [0.1, 0.15) is 12.9 Å². The summed E-state index contributed by atoms with van der Waals surface area (Å²) in [4.78, 5) is 11.2. The average Bonchev–Trinajstić information content (AvgIpc) is 2.51. The van der Waals surface area contributed by atoms with Crippen LogP contribution < -0.4 is 0 Å². The maximum atomic E-state index is 11.2. The van der Waals surface area contributed by atoms with E-state index in [1.165, 1.54) is 0 Å². The molecular weight excluding hydrogens is 212 g/mol. The van der Waals surface area contributed by atoms with Crippen LogP contribution in [0.2, 0.25) is 0 Å². The van der Waals surface area contributed by atoms with Crippen molar-refractivity contribution in [2.24, 2.45) is 11.8 Å². The first-order valence-corrected chi connectivity index (χ1v) is 5.51. The van der Waals surface area contributed by atoms with Crippen LogP contribution in [0.5, 0.6) is 0 Å². The van der Waals surface area contributed by atoms with Gasteiger partial charge in [-0.1, -0.05) is 13.8 Å². The van der Waals surface area contributed by atoms with Crippen LogP contribution in [0.15, 0.2) is 0 Å². The van der Waals surface area contributed by atoms with Crippen molar-refractivity contribution in [3.8, 4) is 0 Å². The van der Waals surface area contributed by atoms with Crippen molar-refractivity contribution < 1.29 is 23.7 Å². The molecule has 1 fully saturated rings. The van der Waals surface area contributed by atoms with Crippen LogP contribution in [-0.4, -0.2) is 45.8 Å². The molecule has 5 heteroatoms. The molecule has 0 radical (unpaired) electrons. The molecule has 0 aromatic heterocycles.